The molecule has 22 heavy (non-hydrogen) atoms. The minimum absolute atomic E-state index is 0.945. The Hall–Kier alpha value is -0.181. The number of hydrogen-bond acceptors (Lipinski definition) is 2. The van der Waals surface area contributed by atoms with Gasteiger partial charge in [-0.1, -0.05) is 0 Å². The summed E-state index contributed by atoms with van der Waals surface area (Å²) in [6, 6.07) is 9.01. The fourth-order valence-electron chi connectivity index (χ4n) is 3.30. The molecule has 0 heterocycles. The van der Waals surface area contributed by atoms with Crippen molar-refractivity contribution in [3.63, 3.8) is 0 Å². The summed E-state index contributed by atoms with van der Waals surface area (Å²) >= 11 is 2.46. The molecule has 0 amide bonds. The molecule has 0 aliphatic rings. The molecule has 1 nitrogen and oxygen atoms in total. The van der Waals surface area contributed by atoms with Gasteiger partial charge in [-0.15, -0.1) is 0 Å². The molecular weight excluding hydrogens is 393 g/mol. The second-order valence-electron chi connectivity index (χ2n) is 6.34. The zero-order valence-corrected chi connectivity index (χ0v) is 18.2. The Balaban J connectivity index is 3.09. The van der Waals surface area contributed by atoms with Crippen LogP contribution >= 0.6 is 12.2 Å². The van der Waals surface area contributed by atoms with Crippen LogP contribution in [0.15, 0.2) is 29.3 Å². The Morgan fingerprint density at radius 3 is 1.68 bits per heavy atom. The second-order valence-corrected chi connectivity index (χ2v) is 19.8. The molecule has 0 radical (unpaired) electrons. The molecule has 0 N–H and O–H groups in total. The third-order valence-corrected chi connectivity index (χ3v) is 20.4. The molecule has 0 atom stereocenters. The molecule has 0 saturated heterocycles. The summed E-state index contributed by atoms with van der Waals surface area (Å²) in [7, 11) is 0. The molecule has 0 aromatic heterocycles. The summed E-state index contributed by atoms with van der Waals surface area (Å²) in [5.41, 5.74) is 0.945. The third kappa shape index (κ3) is 6.14. The normalized spacial score (nSPS) is 11.2. The van der Waals surface area contributed by atoms with Crippen LogP contribution in [0.25, 0.3) is 0 Å². The van der Waals surface area contributed by atoms with Crippen LogP contribution in [0.3, 0.4) is 0 Å². The van der Waals surface area contributed by atoms with Crippen molar-refractivity contribution in [1.82, 2.24) is 0 Å². The molecule has 0 aliphatic carbocycles. The van der Waals surface area contributed by atoms with Gasteiger partial charge in [0, 0.05) is 0 Å². The molecule has 0 aliphatic heterocycles. The SMILES string of the molecule is CCC[CH2][Sn]([CH2]CCC)([CH2]CCC)[c]1ccc(N=C=S)cc1. The zero-order valence-electron chi connectivity index (χ0n) is 14.5. The predicted octanol–water partition coefficient (Wildman–Crippen LogP) is 6.48. The van der Waals surface area contributed by atoms with E-state index in [1.807, 2.05) is 0 Å². The maximum atomic E-state index is 4.71. The predicted molar refractivity (Wildman–Crippen MR) is 106 cm³/mol. The summed E-state index contributed by atoms with van der Waals surface area (Å²) in [6.45, 7) is 6.98. The Morgan fingerprint density at radius 1 is 0.864 bits per heavy atom. The van der Waals surface area contributed by atoms with Gasteiger partial charge in [0.05, 0.1) is 0 Å². The van der Waals surface area contributed by atoms with Crippen LogP contribution in [-0.4, -0.2) is 23.5 Å². The average Bonchev–Trinajstić information content (AvgIpc) is 2.56. The Kier molecular flexibility index (Phi) is 10.3. The molecule has 122 valence electrons. The van der Waals surface area contributed by atoms with Crippen LogP contribution in [0.1, 0.15) is 59.3 Å². The van der Waals surface area contributed by atoms with Crippen LogP contribution < -0.4 is 3.58 Å². The monoisotopic (exact) mass is 425 g/mol. The minimum atomic E-state index is -2.25. The van der Waals surface area contributed by atoms with Crippen molar-refractivity contribution in [2.24, 2.45) is 4.99 Å². The first-order valence-corrected chi connectivity index (χ1v) is 16.8. The quantitative estimate of drug-likeness (QED) is 0.225. The molecule has 1 aromatic rings. The first-order chi connectivity index (χ1) is 10.7. The van der Waals surface area contributed by atoms with E-state index in [2.05, 4.69) is 55.2 Å². The Labute approximate surface area is 146 Å². The van der Waals surface area contributed by atoms with Gasteiger partial charge in [-0.25, -0.2) is 0 Å². The first-order valence-electron chi connectivity index (χ1n) is 8.90. The van der Waals surface area contributed by atoms with E-state index in [1.54, 1.807) is 3.58 Å². The number of isothiocyanates is 1. The van der Waals surface area contributed by atoms with Gasteiger partial charge < -0.3 is 0 Å². The van der Waals surface area contributed by atoms with Gasteiger partial charge in [-0.3, -0.25) is 0 Å². The van der Waals surface area contributed by atoms with E-state index in [0.29, 0.717) is 0 Å². The Bertz CT molecular complexity index is 441. The molecule has 0 fully saturated rings. The van der Waals surface area contributed by atoms with Crippen LogP contribution in [0, 0.1) is 0 Å². The van der Waals surface area contributed by atoms with Gasteiger partial charge in [0.1, 0.15) is 0 Å². The van der Waals surface area contributed by atoms with Crippen molar-refractivity contribution in [3.8, 4) is 0 Å². The molecule has 1 rings (SSSR count). The third-order valence-electron chi connectivity index (χ3n) is 4.68. The topological polar surface area (TPSA) is 12.4 Å². The molecule has 1 aromatic carbocycles. The van der Waals surface area contributed by atoms with E-state index in [9.17, 15) is 0 Å². The second kappa shape index (κ2) is 11.4. The molecule has 0 saturated carbocycles. The average molecular weight is 424 g/mol. The van der Waals surface area contributed by atoms with Crippen molar-refractivity contribution in [2.75, 3.05) is 0 Å². The Morgan fingerprint density at radius 2 is 1.32 bits per heavy atom. The number of benzene rings is 1. The summed E-state index contributed by atoms with van der Waals surface area (Å²) in [4.78, 5) is 4.10. The number of aliphatic imine (C=N–C) groups is 1. The van der Waals surface area contributed by atoms with Crippen molar-refractivity contribution >= 4 is 45.0 Å². The number of unbranched alkanes of at least 4 members (excludes halogenated alkanes) is 3. The fraction of sp³-hybridized carbons (Fsp3) is 0.632. The van der Waals surface area contributed by atoms with Gasteiger partial charge in [0.2, 0.25) is 0 Å². The number of rotatable bonds is 11. The van der Waals surface area contributed by atoms with Gasteiger partial charge >= 0.3 is 147 Å². The van der Waals surface area contributed by atoms with E-state index >= 15 is 0 Å². The van der Waals surface area contributed by atoms with Gasteiger partial charge in [0.25, 0.3) is 0 Å². The van der Waals surface area contributed by atoms with E-state index in [-0.39, 0.29) is 0 Å². The molecule has 0 unspecified atom stereocenters. The molecule has 3 heteroatoms. The summed E-state index contributed by atoms with van der Waals surface area (Å²) in [5.74, 6) is 0. The molecule has 0 spiro atoms. The van der Waals surface area contributed by atoms with Crippen LogP contribution in [-0.2, 0) is 0 Å². The van der Waals surface area contributed by atoms with E-state index in [4.69, 9.17) is 12.2 Å². The van der Waals surface area contributed by atoms with E-state index in [0.717, 1.165) is 5.69 Å². The number of hydrogen-bond donors (Lipinski definition) is 0. The van der Waals surface area contributed by atoms with E-state index < -0.39 is 18.4 Å². The van der Waals surface area contributed by atoms with Crippen molar-refractivity contribution in [3.05, 3.63) is 24.3 Å². The van der Waals surface area contributed by atoms with Gasteiger partial charge in [-0.05, 0) is 0 Å². The molecular formula is C19H31NSSn. The standard InChI is InChI=1S/C7H4NS.3C4H9.Sn/c9-6-8-7-4-2-1-3-5-7;3*1-3-4-2;/h2-5H;3*1,3-4H2,2H3;. The van der Waals surface area contributed by atoms with Crippen LogP contribution in [0.4, 0.5) is 5.69 Å². The summed E-state index contributed by atoms with van der Waals surface area (Å²) in [6.07, 6.45) is 8.19. The van der Waals surface area contributed by atoms with Gasteiger partial charge in [-0.2, -0.15) is 0 Å². The number of nitrogens with zero attached hydrogens (tertiary/aromatic N) is 1. The van der Waals surface area contributed by atoms with Crippen LogP contribution in [0.5, 0.6) is 0 Å². The fourth-order valence-corrected chi connectivity index (χ4v) is 19.3. The van der Waals surface area contributed by atoms with Crippen molar-refractivity contribution in [2.45, 2.75) is 72.6 Å². The first kappa shape index (κ1) is 19.9. The van der Waals surface area contributed by atoms with Crippen LogP contribution in [0.2, 0.25) is 13.3 Å². The van der Waals surface area contributed by atoms with Crippen molar-refractivity contribution < 1.29 is 0 Å². The van der Waals surface area contributed by atoms with E-state index in [1.165, 1.54) is 51.8 Å². The number of thiocarbonyl (C=S) groups is 1. The zero-order chi connectivity index (χ0) is 16.3. The molecule has 0 bridgehead atoms. The van der Waals surface area contributed by atoms with Gasteiger partial charge in [0.15, 0.2) is 0 Å². The maximum absolute atomic E-state index is 4.71. The summed E-state index contributed by atoms with van der Waals surface area (Å²) in [5, 5.41) is 2.47. The van der Waals surface area contributed by atoms with Crippen molar-refractivity contribution in [1.29, 1.82) is 0 Å². The summed E-state index contributed by atoms with van der Waals surface area (Å²) < 4.78 is 6.25.